The van der Waals surface area contributed by atoms with Crippen molar-refractivity contribution in [1.29, 1.82) is 5.26 Å². The highest BCUT2D eigenvalue weighted by atomic mass is 16.2. The van der Waals surface area contributed by atoms with Crippen LogP contribution in [0.2, 0.25) is 0 Å². The van der Waals surface area contributed by atoms with Crippen LogP contribution in [0.4, 0.5) is 0 Å². The zero-order valence-electron chi connectivity index (χ0n) is 7.70. The summed E-state index contributed by atoms with van der Waals surface area (Å²) in [5.41, 5.74) is 5.29. The number of piperidine rings is 1. The van der Waals surface area contributed by atoms with Crippen LogP contribution < -0.4 is 5.73 Å². The van der Waals surface area contributed by atoms with Gasteiger partial charge >= 0.3 is 0 Å². The lowest BCUT2D eigenvalue weighted by Crippen LogP contribution is -2.38. The standard InChI is InChI=1S/C9H15N3O/c10-4-1-9(13)12-5-2-8(7-11)3-6-12/h8H,1-6,10H2. The summed E-state index contributed by atoms with van der Waals surface area (Å²) in [7, 11) is 0. The van der Waals surface area contributed by atoms with Gasteiger partial charge in [0, 0.05) is 32.0 Å². The fourth-order valence-corrected chi connectivity index (χ4v) is 1.54. The minimum atomic E-state index is 0.124. The van der Waals surface area contributed by atoms with E-state index in [2.05, 4.69) is 6.07 Å². The van der Waals surface area contributed by atoms with Gasteiger partial charge in [-0.25, -0.2) is 0 Å². The van der Waals surface area contributed by atoms with Gasteiger partial charge in [-0.05, 0) is 12.8 Å². The minimum Gasteiger partial charge on any atom is -0.343 e. The van der Waals surface area contributed by atoms with E-state index in [9.17, 15) is 4.79 Å². The Hall–Kier alpha value is -1.08. The molecule has 4 nitrogen and oxygen atoms in total. The highest BCUT2D eigenvalue weighted by Gasteiger charge is 2.21. The number of nitriles is 1. The fraction of sp³-hybridized carbons (Fsp3) is 0.778. The van der Waals surface area contributed by atoms with Crippen LogP contribution in [0.3, 0.4) is 0 Å². The van der Waals surface area contributed by atoms with Gasteiger partial charge in [0.2, 0.25) is 5.91 Å². The van der Waals surface area contributed by atoms with E-state index >= 15 is 0 Å². The van der Waals surface area contributed by atoms with Crippen molar-refractivity contribution in [2.45, 2.75) is 19.3 Å². The molecule has 0 aromatic carbocycles. The average Bonchev–Trinajstić information content (AvgIpc) is 2.18. The third-order valence-corrected chi connectivity index (χ3v) is 2.39. The van der Waals surface area contributed by atoms with Crippen LogP contribution in [-0.4, -0.2) is 30.4 Å². The van der Waals surface area contributed by atoms with Gasteiger partial charge in [-0.3, -0.25) is 4.79 Å². The molecule has 2 N–H and O–H groups in total. The summed E-state index contributed by atoms with van der Waals surface area (Å²) in [4.78, 5) is 13.2. The first-order valence-corrected chi connectivity index (χ1v) is 4.65. The Kier molecular flexibility index (Phi) is 3.71. The molecule has 0 spiro atoms. The highest BCUT2D eigenvalue weighted by Crippen LogP contribution is 2.16. The number of rotatable bonds is 2. The smallest absolute Gasteiger partial charge is 0.223 e. The van der Waals surface area contributed by atoms with Gasteiger partial charge in [0.05, 0.1) is 6.07 Å². The van der Waals surface area contributed by atoms with E-state index in [4.69, 9.17) is 11.0 Å². The molecule has 4 heteroatoms. The summed E-state index contributed by atoms with van der Waals surface area (Å²) < 4.78 is 0. The summed E-state index contributed by atoms with van der Waals surface area (Å²) in [6, 6.07) is 2.23. The number of nitrogens with zero attached hydrogens (tertiary/aromatic N) is 2. The van der Waals surface area contributed by atoms with Crippen molar-refractivity contribution in [2.75, 3.05) is 19.6 Å². The van der Waals surface area contributed by atoms with Crippen LogP contribution in [0.25, 0.3) is 0 Å². The molecule has 0 atom stereocenters. The SMILES string of the molecule is N#CC1CCN(C(=O)CCN)CC1. The Bertz CT molecular complexity index is 213. The number of carbonyl (C=O) groups is 1. The molecule has 1 amide bonds. The Morgan fingerprint density at radius 2 is 2.15 bits per heavy atom. The largest absolute Gasteiger partial charge is 0.343 e. The van der Waals surface area contributed by atoms with Crippen LogP contribution in [0.1, 0.15) is 19.3 Å². The van der Waals surface area contributed by atoms with Crippen molar-refractivity contribution in [1.82, 2.24) is 4.90 Å². The van der Waals surface area contributed by atoms with E-state index < -0.39 is 0 Å². The summed E-state index contributed by atoms with van der Waals surface area (Å²) >= 11 is 0. The number of carbonyl (C=O) groups excluding carboxylic acids is 1. The lowest BCUT2D eigenvalue weighted by atomic mass is 9.98. The molecular weight excluding hydrogens is 166 g/mol. The Morgan fingerprint density at radius 3 is 2.62 bits per heavy atom. The molecule has 1 heterocycles. The Labute approximate surface area is 78.3 Å². The first-order valence-electron chi connectivity index (χ1n) is 4.65. The van der Waals surface area contributed by atoms with E-state index in [0.717, 1.165) is 25.9 Å². The van der Waals surface area contributed by atoms with Crippen LogP contribution in [-0.2, 0) is 4.79 Å². The molecule has 72 valence electrons. The summed E-state index contributed by atoms with van der Waals surface area (Å²) in [5.74, 6) is 0.265. The van der Waals surface area contributed by atoms with Crippen molar-refractivity contribution in [2.24, 2.45) is 11.7 Å². The molecular formula is C9H15N3O. The van der Waals surface area contributed by atoms with Gasteiger partial charge in [0.15, 0.2) is 0 Å². The first kappa shape index (κ1) is 10.0. The van der Waals surface area contributed by atoms with E-state index in [0.29, 0.717) is 13.0 Å². The van der Waals surface area contributed by atoms with Gasteiger partial charge in [-0.2, -0.15) is 5.26 Å². The van der Waals surface area contributed by atoms with E-state index in [1.165, 1.54) is 0 Å². The molecule has 1 rings (SSSR count). The van der Waals surface area contributed by atoms with Crippen molar-refractivity contribution >= 4 is 5.91 Å². The van der Waals surface area contributed by atoms with Crippen molar-refractivity contribution in [3.8, 4) is 6.07 Å². The summed E-state index contributed by atoms with van der Waals surface area (Å²) in [5, 5.41) is 8.65. The lowest BCUT2D eigenvalue weighted by molar-refractivity contribution is -0.132. The van der Waals surface area contributed by atoms with Crippen molar-refractivity contribution in [3.63, 3.8) is 0 Å². The number of nitrogens with two attached hydrogens (primary N) is 1. The minimum absolute atomic E-state index is 0.124. The van der Waals surface area contributed by atoms with Gasteiger partial charge < -0.3 is 10.6 Å². The Morgan fingerprint density at radius 1 is 1.54 bits per heavy atom. The summed E-state index contributed by atoms with van der Waals surface area (Å²) in [6.45, 7) is 1.85. The van der Waals surface area contributed by atoms with Gasteiger partial charge in [0.1, 0.15) is 0 Å². The predicted molar refractivity (Wildman–Crippen MR) is 48.6 cm³/mol. The van der Waals surface area contributed by atoms with Gasteiger partial charge in [-0.15, -0.1) is 0 Å². The molecule has 13 heavy (non-hydrogen) atoms. The molecule has 0 unspecified atom stereocenters. The monoisotopic (exact) mass is 181 g/mol. The molecule has 0 saturated carbocycles. The van der Waals surface area contributed by atoms with Crippen LogP contribution in [0.15, 0.2) is 0 Å². The second-order valence-electron chi connectivity index (χ2n) is 3.32. The second kappa shape index (κ2) is 4.83. The van der Waals surface area contributed by atoms with E-state index in [-0.39, 0.29) is 11.8 Å². The summed E-state index contributed by atoms with van der Waals surface area (Å²) in [6.07, 6.45) is 2.05. The van der Waals surface area contributed by atoms with Crippen molar-refractivity contribution in [3.05, 3.63) is 0 Å². The highest BCUT2D eigenvalue weighted by molar-refractivity contribution is 5.76. The topological polar surface area (TPSA) is 70.1 Å². The molecule has 1 saturated heterocycles. The predicted octanol–water partition coefficient (Wildman–Crippen LogP) is 0.0974. The zero-order valence-corrected chi connectivity index (χ0v) is 7.70. The normalized spacial score (nSPS) is 18.3. The van der Waals surface area contributed by atoms with Gasteiger partial charge in [-0.1, -0.05) is 0 Å². The number of hydrogen-bond donors (Lipinski definition) is 1. The lowest BCUT2D eigenvalue weighted by Gasteiger charge is -2.29. The number of likely N-dealkylation sites (tertiary alicyclic amines) is 1. The molecule has 1 aliphatic rings. The van der Waals surface area contributed by atoms with E-state index in [1.54, 1.807) is 4.90 Å². The van der Waals surface area contributed by atoms with Gasteiger partial charge in [0.25, 0.3) is 0 Å². The third-order valence-electron chi connectivity index (χ3n) is 2.39. The molecule has 1 fully saturated rings. The molecule has 0 radical (unpaired) electrons. The maximum atomic E-state index is 11.4. The molecule has 0 bridgehead atoms. The maximum Gasteiger partial charge on any atom is 0.223 e. The molecule has 0 aliphatic carbocycles. The maximum absolute atomic E-state index is 11.4. The quantitative estimate of drug-likeness (QED) is 0.656. The Balaban J connectivity index is 2.33. The third kappa shape index (κ3) is 2.71. The number of amides is 1. The fourth-order valence-electron chi connectivity index (χ4n) is 1.54. The van der Waals surface area contributed by atoms with Crippen LogP contribution >= 0.6 is 0 Å². The van der Waals surface area contributed by atoms with Crippen LogP contribution in [0, 0.1) is 17.2 Å². The molecule has 0 aromatic rings. The number of hydrogen-bond acceptors (Lipinski definition) is 3. The molecule has 0 aromatic heterocycles. The zero-order chi connectivity index (χ0) is 9.68. The first-order chi connectivity index (χ1) is 6.27. The second-order valence-corrected chi connectivity index (χ2v) is 3.32. The van der Waals surface area contributed by atoms with Crippen molar-refractivity contribution < 1.29 is 4.79 Å². The van der Waals surface area contributed by atoms with Crippen LogP contribution in [0.5, 0.6) is 0 Å². The average molecular weight is 181 g/mol. The molecule has 1 aliphatic heterocycles. The van der Waals surface area contributed by atoms with E-state index in [1.807, 2.05) is 0 Å².